The largest absolute Gasteiger partial charge is 0.360 e. The van der Waals surface area contributed by atoms with E-state index in [1.54, 1.807) is 18.2 Å². The van der Waals surface area contributed by atoms with Gasteiger partial charge in [0.15, 0.2) is 0 Å². The van der Waals surface area contributed by atoms with Gasteiger partial charge in [-0.1, -0.05) is 70.7 Å². The lowest BCUT2D eigenvalue weighted by Gasteiger charge is -2.44. The summed E-state index contributed by atoms with van der Waals surface area (Å²) in [4.78, 5) is 29.8. The van der Waals surface area contributed by atoms with Crippen LogP contribution >= 0.6 is 46.4 Å². The van der Waals surface area contributed by atoms with Gasteiger partial charge in [0.1, 0.15) is 5.78 Å². The molecule has 1 aliphatic rings. The molecular formula is C27H24Cl4N2O2. The van der Waals surface area contributed by atoms with Crippen LogP contribution in [0.4, 0.5) is 5.69 Å². The molecule has 3 aromatic carbocycles. The molecule has 1 heterocycles. The second-order valence-corrected chi connectivity index (χ2v) is 10.4. The average molecular weight is 550 g/mol. The first-order valence-electron chi connectivity index (χ1n) is 11.2. The molecule has 2 atom stereocenters. The van der Waals surface area contributed by atoms with Crippen LogP contribution in [0.1, 0.15) is 36.4 Å². The molecule has 3 aromatic rings. The van der Waals surface area contributed by atoms with Crippen LogP contribution in [-0.4, -0.2) is 36.2 Å². The number of ketones is 1. The lowest BCUT2D eigenvalue weighted by molar-refractivity contribution is -0.135. The number of hydrogen-bond donors (Lipinski definition) is 0. The minimum atomic E-state index is -0.568. The first kappa shape index (κ1) is 25.8. The third-order valence-corrected chi connectivity index (χ3v) is 7.27. The van der Waals surface area contributed by atoms with E-state index in [1.807, 2.05) is 53.4 Å². The lowest BCUT2D eigenvalue weighted by atomic mass is 9.91. The van der Waals surface area contributed by atoms with Crippen molar-refractivity contribution in [2.24, 2.45) is 0 Å². The lowest BCUT2D eigenvalue weighted by Crippen LogP contribution is -2.52. The van der Waals surface area contributed by atoms with E-state index >= 15 is 0 Å². The number of rotatable bonds is 6. The Morgan fingerprint density at radius 1 is 0.857 bits per heavy atom. The zero-order valence-corrected chi connectivity index (χ0v) is 22.1. The predicted octanol–water partition coefficient (Wildman–Crippen LogP) is 7.45. The van der Waals surface area contributed by atoms with E-state index in [1.165, 1.54) is 6.92 Å². The molecule has 4 rings (SSSR count). The molecule has 0 unspecified atom stereocenters. The molecule has 8 heteroatoms. The van der Waals surface area contributed by atoms with Crippen LogP contribution in [0.15, 0.2) is 66.7 Å². The molecular weight excluding hydrogens is 526 g/mol. The van der Waals surface area contributed by atoms with Crippen molar-refractivity contribution in [1.82, 2.24) is 4.90 Å². The summed E-state index contributed by atoms with van der Waals surface area (Å²) in [6.07, 6.45) is 0.134. The maximum Gasteiger partial charge on any atom is 0.230 e. The van der Waals surface area contributed by atoms with E-state index in [9.17, 15) is 9.59 Å². The maximum atomic E-state index is 13.8. The standard InChI is InChI=1S/C27H24Cl4N2O2/c1-17(34)14-23(18-2-6-20(28)7-3-18)27(35)32-12-13-33(25-11-10-22(30)15-24(25)31)26(16-32)19-4-8-21(29)9-5-19/h2-11,15,23,26H,12-14,16H2,1H3/t23-,26+/m1/s1. The number of carbonyl (C=O) groups excluding carboxylic acids is 2. The van der Waals surface area contributed by atoms with Crippen molar-refractivity contribution in [2.75, 3.05) is 24.5 Å². The normalized spacial score (nSPS) is 16.8. The zero-order chi connectivity index (χ0) is 25.1. The van der Waals surface area contributed by atoms with E-state index in [4.69, 9.17) is 46.4 Å². The van der Waals surface area contributed by atoms with Gasteiger partial charge in [0.2, 0.25) is 5.91 Å². The number of anilines is 1. The van der Waals surface area contributed by atoms with Crippen molar-refractivity contribution < 1.29 is 9.59 Å². The van der Waals surface area contributed by atoms with Crippen molar-refractivity contribution >= 4 is 63.8 Å². The van der Waals surface area contributed by atoms with Gasteiger partial charge in [-0.25, -0.2) is 0 Å². The van der Waals surface area contributed by atoms with Crippen LogP contribution in [-0.2, 0) is 9.59 Å². The highest BCUT2D eigenvalue weighted by Crippen LogP contribution is 2.37. The van der Waals surface area contributed by atoms with Gasteiger partial charge in [0, 0.05) is 41.1 Å². The zero-order valence-electron chi connectivity index (χ0n) is 19.1. The molecule has 0 aliphatic carbocycles. The Bertz CT molecular complexity index is 1210. The van der Waals surface area contributed by atoms with E-state index < -0.39 is 5.92 Å². The molecule has 35 heavy (non-hydrogen) atoms. The summed E-state index contributed by atoms with van der Waals surface area (Å²) in [7, 11) is 0. The third-order valence-electron chi connectivity index (χ3n) is 6.23. The van der Waals surface area contributed by atoms with Gasteiger partial charge in [-0.2, -0.15) is 0 Å². The number of carbonyl (C=O) groups is 2. The van der Waals surface area contributed by atoms with Gasteiger partial charge in [-0.15, -0.1) is 0 Å². The number of benzene rings is 3. The molecule has 0 radical (unpaired) electrons. The average Bonchev–Trinajstić information content (AvgIpc) is 2.83. The smallest absolute Gasteiger partial charge is 0.230 e. The SMILES string of the molecule is CC(=O)C[C@@H](C(=O)N1CCN(c2ccc(Cl)cc2Cl)[C@H](c2ccc(Cl)cc2)C1)c1ccc(Cl)cc1. The quantitative estimate of drug-likeness (QED) is 0.320. The Morgan fingerprint density at radius 2 is 1.46 bits per heavy atom. The van der Waals surface area contributed by atoms with Gasteiger partial charge in [0.05, 0.1) is 22.7 Å². The summed E-state index contributed by atoms with van der Waals surface area (Å²) >= 11 is 24.9. The van der Waals surface area contributed by atoms with Crippen LogP contribution in [0.3, 0.4) is 0 Å². The molecule has 0 aromatic heterocycles. The van der Waals surface area contributed by atoms with Crippen molar-refractivity contribution in [2.45, 2.75) is 25.3 Å². The Morgan fingerprint density at radius 3 is 2.06 bits per heavy atom. The third kappa shape index (κ3) is 6.13. The maximum absolute atomic E-state index is 13.8. The second-order valence-electron chi connectivity index (χ2n) is 8.65. The number of piperazine rings is 1. The molecule has 0 N–H and O–H groups in total. The van der Waals surface area contributed by atoms with Crippen LogP contribution in [0.2, 0.25) is 20.1 Å². The molecule has 4 nitrogen and oxygen atoms in total. The van der Waals surface area contributed by atoms with Crippen LogP contribution in [0.25, 0.3) is 0 Å². The topological polar surface area (TPSA) is 40.6 Å². The fraction of sp³-hybridized carbons (Fsp3) is 0.259. The van der Waals surface area contributed by atoms with Crippen molar-refractivity contribution in [3.8, 4) is 0 Å². The predicted molar refractivity (Wildman–Crippen MR) is 144 cm³/mol. The molecule has 0 spiro atoms. The number of hydrogen-bond acceptors (Lipinski definition) is 3. The Hall–Kier alpha value is -2.24. The number of amides is 1. The number of Topliss-reactive ketones (excluding diaryl/α,β-unsaturated/α-hetero) is 1. The van der Waals surface area contributed by atoms with Gasteiger partial charge in [-0.3, -0.25) is 9.59 Å². The second kappa shape index (κ2) is 11.2. The molecule has 0 saturated carbocycles. The van der Waals surface area contributed by atoms with Crippen molar-refractivity contribution in [3.05, 3.63) is 97.9 Å². The van der Waals surface area contributed by atoms with Gasteiger partial charge in [-0.05, 0) is 60.5 Å². The van der Waals surface area contributed by atoms with Gasteiger partial charge < -0.3 is 9.80 Å². The van der Waals surface area contributed by atoms with E-state index in [0.717, 1.165) is 16.8 Å². The first-order chi connectivity index (χ1) is 16.7. The number of nitrogens with zero attached hydrogens (tertiary/aromatic N) is 2. The highest BCUT2D eigenvalue weighted by atomic mass is 35.5. The summed E-state index contributed by atoms with van der Waals surface area (Å²) in [5.41, 5.74) is 2.63. The van der Waals surface area contributed by atoms with Gasteiger partial charge in [0.25, 0.3) is 0 Å². The Labute approximate surface area is 225 Å². The number of halogens is 4. The highest BCUT2D eigenvalue weighted by Gasteiger charge is 2.35. The minimum Gasteiger partial charge on any atom is -0.360 e. The molecule has 1 fully saturated rings. The minimum absolute atomic E-state index is 0.0425. The molecule has 1 saturated heterocycles. The summed E-state index contributed by atoms with van der Waals surface area (Å²) in [5, 5.41) is 2.33. The monoisotopic (exact) mass is 548 g/mol. The summed E-state index contributed by atoms with van der Waals surface area (Å²) in [6, 6.07) is 20.0. The van der Waals surface area contributed by atoms with Crippen LogP contribution in [0.5, 0.6) is 0 Å². The fourth-order valence-corrected chi connectivity index (χ4v) is 5.28. The molecule has 182 valence electrons. The molecule has 0 bridgehead atoms. The van der Waals surface area contributed by atoms with E-state index in [2.05, 4.69) is 4.90 Å². The van der Waals surface area contributed by atoms with E-state index in [-0.39, 0.29) is 24.2 Å². The van der Waals surface area contributed by atoms with Crippen LogP contribution in [0, 0.1) is 0 Å². The summed E-state index contributed by atoms with van der Waals surface area (Å²) in [5.74, 6) is -0.691. The van der Waals surface area contributed by atoms with Crippen molar-refractivity contribution in [1.29, 1.82) is 0 Å². The highest BCUT2D eigenvalue weighted by molar-refractivity contribution is 6.36. The molecule has 1 aliphatic heterocycles. The van der Waals surface area contributed by atoms with Crippen molar-refractivity contribution in [3.63, 3.8) is 0 Å². The summed E-state index contributed by atoms with van der Waals surface area (Å²) in [6.45, 7) is 2.99. The fourth-order valence-electron chi connectivity index (χ4n) is 4.51. The first-order valence-corrected chi connectivity index (χ1v) is 12.7. The Kier molecular flexibility index (Phi) is 8.28. The molecule has 1 amide bonds. The van der Waals surface area contributed by atoms with Gasteiger partial charge >= 0.3 is 0 Å². The van der Waals surface area contributed by atoms with E-state index in [0.29, 0.717) is 39.7 Å². The van der Waals surface area contributed by atoms with Crippen LogP contribution < -0.4 is 4.90 Å². The summed E-state index contributed by atoms with van der Waals surface area (Å²) < 4.78 is 0. The Balaban J connectivity index is 1.67.